The number of halogens is 3. The van der Waals surface area contributed by atoms with E-state index in [4.69, 9.17) is 5.73 Å². The van der Waals surface area contributed by atoms with Crippen molar-refractivity contribution in [2.45, 2.75) is 57.3 Å². The summed E-state index contributed by atoms with van der Waals surface area (Å²) in [7, 11) is 3.97. The molecule has 0 spiro atoms. The molecular formula is C15H30F3N3. The van der Waals surface area contributed by atoms with E-state index >= 15 is 0 Å². The largest absolute Gasteiger partial charge is 0.391 e. The molecule has 0 aliphatic heterocycles. The molecule has 21 heavy (non-hydrogen) atoms. The topological polar surface area (TPSA) is 32.5 Å². The highest BCUT2D eigenvalue weighted by Gasteiger charge is 2.49. The molecule has 0 heterocycles. The number of hydrogen-bond donors (Lipinski definition) is 1. The van der Waals surface area contributed by atoms with Crippen molar-refractivity contribution in [2.75, 3.05) is 33.7 Å². The molecule has 126 valence electrons. The standard InChI is InChI=1S/C15H30F3N3/c1-5-21(12(2)10-20(3)4)14(11-19)8-6-7-13(9-14)15(16,17)18/h12-13H,5-11,19H2,1-4H3. The molecule has 3 atom stereocenters. The molecule has 0 bridgehead atoms. The van der Waals surface area contributed by atoms with E-state index in [1.807, 2.05) is 21.0 Å². The molecule has 1 aliphatic rings. The highest BCUT2D eigenvalue weighted by atomic mass is 19.4. The third kappa shape index (κ3) is 4.57. The van der Waals surface area contributed by atoms with Gasteiger partial charge < -0.3 is 10.6 Å². The van der Waals surface area contributed by atoms with Gasteiger partial charge in [0.15, 0.2) is 0 Å². The fraction of sp³-hybridized carbons (Fsp3) is 1.00. The van der Waals surface area contributed by atoms with Crippen molar-refractivity contribution < 1.29 is 13.2 Å². The average Bonchev–Trinajstić information content (AvgIpc) is 2.37. The van der Waals surface area contributed by atoms with Crippen molar-refractivity contribution in [1.29, 1.82) is 0 Å². The number of hydrogen-bond acceptors (Lipinski definition) is 3. The zero-order chi connectivity index (χ0) is 16.3. The highest BCUT2D eigenvalue weighted by Crippen LogP contribution is 2.44. The maximum absolute atomic E-state index is 13.1. The van der Waals surface area contributed by atoms with Gasteiger partial charge in [0.1, 0.15) is 0 Å². The molecule has 1 rings (SSSR count). The normalized spacial score (nSPS) is 29.1. The zero-order valence-electron chi connectivity index (χ0n) is 13.7. The second-order valence-electron chi connectivity index (χ2n) is 6.66. The van der Waals surface area contributed by atoms with E-state index in [1.54, 1.807) is 0 Å². The van der Waals surface area contributed by atoms with E-state index in [0.29, 0.717) is 13.0 Å². The highest BCUT2D eigenvalue weighted by molar-refractivity contribution is 4.99. The monoisotopic (exact) mass is 309 g/mol. The minimum Gasteiger partial charge on any atom is -0.329 e. The van der Waals surface area contributed by atoms with Crippen LogP contribution in [0.3, 0.4) is 0 Å². The molecule has 3 nitrogen and oxygen atoms in total. The summed E-state index contributed by atoms with van der Waals surface area (Å²) in [6, 6.07) is 0.195. The van der Waals surface area contributed by atoms with Gasteiger partial charge in [-0.25, -0.2) is 0 Å². The first kappa shape index (κ1) is 18.7. The molecule has 0 aromatic rings. The van der Waals surface area contributed by atoms with Gasteiger partial charge in [0, 0.05) is 24.7 Å². The molecule has 0 aromatic carbocycles. The van der Waals surface area contributed by atoms with E-state index in [2.05, 4.69) is 16.7 Å². The summed E-state index contributed by atoms with van der Waals surface area (Å²) < 4.78 is 39.4. The Morgan fingerprint density at radius 2 is 1.95 bits per heavy atom. The molecule has 1 fully saturated rings. The van der Waals surface area contributed by atoms with Gasteiger partial charge in [0.05, 0.1) is 5.92 Å². The Kier molecular flexibility index (Phi) is 6.50. The summed E-state index contributed by atoms with van der Waals surface area (Å²) in [5.74, 6) is -1.21. The van der Waals surface area contributed by atoms with Gasteiger partial charge in [-0.2, -0.15) is 13.2 Å². The lowest BCUT2D eigenvalue weighted by molar-refractivity contribution is -0.195. The third-order valence-corrected chi connectivity index (χ3v) is 4.78. The number of rotatable bonds is 6. The molecule has 6 heteroatoms. The van der Waals surface area contributed by atoms with E-state index in [0.717, 1.165) is 19.5 Å². The minimum atomic E-state index is -4.11. The van der Waals surface area contributed by atoms with Crippen molar-refractivity contribution >= 4 is 0 Å². The van der Waals surface area contributed by atoms with E-state index in [1.165, 1.54) is 0 Å². The van der Waals surface area contributed by atoms with Crippen LogP contribution in [0.15, 0.2) is 0 Å². The molecule has 0 amide bonds. The molecule has 1 saturated carbocycles. The first-order valence-electron chi connectivity index (χ1n) is 7.84. The van der Waals surface area contributed by atoms with Crippen molar-refractivity contribution in [2.24, 2.45) is 11.7 Å². The summed E-state index contributed by atoms with van der Waals surface area (Å²) in [6.07, 6.45) is -2.36. The van der Waals surface area contributed by atoms with Gasteiger partial charge in [-0.1, -0.05) is 13.3 Å². The van der Waals surface area contributed by atoms with Crippen LogP contribution >= 0.6 is 0 Å². The van der Waals surface area contributed by atoms with Gasteiger partial charge in [-0.05, 0) is 46.8 Å². The van der Waals surface area contributed by atoms with Crippen LogP contribution in [0.1, 0.15) is 39.5 Å². The van der Waals surface area contributed by atoms with Crippen molar-refractivity contribution in [3.8, 4) is 0 Å². The first-order valence-corrected chi connectivity index (χ1v) is 7.84. The zero-order valence-corrected chi connectivity index (χ0v) is 13.7. The van der Waals surface area contributed by atoms with Crippen molar-refractivity contribution in [1.82, 2.24) is 9.80 Å². The smallest absolute Gasteiger partial charge is 0.329 e. The molecule has 0 saturated heterocycles. The van der Waals surface area contributed by atoms with Crippen LogP contribution in [0.2, 0.25) is 0 Å². The van der Waals surface area contributed by atoms with Crippen molar-refractivity contribution in [3.63, 3.8) is 0 Å². The Bertz CT molecular complexity index is 320. The average molecular weight is 309 g/mol. The Morgan fingerprint density at radius 1 is 1.33 bits per heavy atom. The van der Waals surface area contributed by atoms with Gasteiger partial charge in [-0.15, -0.1) is 0 Å². The van der Waals surface area contributed by atoms with Gasteiger partial charge in [-0.3, -0.25) is 4.90 Å². The summed E-state index contributed by atoms with van der Waals surface area (Å²) in [6.45, 7) is 5.95. The van der Waals surface area contributed by atoms with Crippen LogP contribution < -0.4 is 5.73 Å². The van der Waals surface area contributed by atoms with Crippen LogP contribution in [-0.4, -0.2) is 61.3 Å². The minimum absolute atomic E-state index is 0.138. The van der Waals surface area contributed by atoms with Crippen LogP contribution in [0.5, 0.6) is 0 Å². The Morgan fingerprint density at radius 3 is 2.38 bits per heavy atom. The predicted molar refractivity (Wildman–Crippen MR) is 80.2 cm³/mol. The maximum Gasteiger partial charge on any atom is 0.391 e. The number of likely N-dealkylation sites (N-methyl/N-ethyl adjacent to an activating group) is 2. The van der Waals surface area contributed by atoms with Gasteiger partial charge >= 0.3 is 6.18 Å². The Balaban J connectivity index is 2.95. The summed E-state index contributed by atoms with van der Waals surface area (Å²) >= 11 is 0. The van der Waals surface area contributed by atoms with Crippen LogP contribution in [0.25, 0.3) is 0 Å². The first-order chi connectivity index (χ1) is 9.66. The molecule has 0 aromatic heterocycles. The number of nitrogens with two attached hydrogens (primary N) is 1. The molecular weight excluding hydrogens is 279 g/mol. The molecule has 3 unspecified atom stereocenters. The molecule has 2 N–H and O–H groups in total. The quantitative estimate of drug-likeness (QED) is 0.819. The van der Waals surface area contributed by atoms with Crippen LogP contribution in [0.4, 0.5) is 13.2 Å². The van der Waals surface area contributed by atoms with Crippen molar-refractivity contribution in [3.05, 3.63) is 0 Å². The van der Waals surface area contributed by atoms with Crippen LogP contribution in [0, 0.1) is 5.92 Å². The number of nitrogens with zero attached hydrogens (tertiary/aromatic N) is 2. The third-order valence-electron chi connectivity index (χ3n) is 4.78. The molecule has 0 radical (unpaired) electrons. The summed E-state index contributed by atoms with van der Waals surface area (Å²) in [5, 5.41) is 0. The van der Waals surface area contributed by atoms with E-state index in [9.17, 15) is 13.2 Å². The summed E-state index contributed by atoms with van der Waals surface area (Å²) in [4.78, 5) is 4.27. The lowest BCUT2D eigenvalue weighted by Crippen LogP contribution is -2.61. The van der Waals surface area contributed by atoms with Gasteiger partial charge in [0.2, 0.25) is 0 Å². The Labute approximate surface area is 126 Å². The summed E-state index contributed by atoms with van der Waals surface area (Å²) in [5.41, 5.74) is 5.45. The lowest BCUT2D eigenvalue weighted by atomic mass is 9.73. The maximum atomic E-state index is 13.1. The SMILES string of the molecule is CCN(C(C)CN(C)C)C1(CN)CCCC(C(F)(F)F)C1. The lowest BCUT2D eigenvalue weighted by Gasteiger charge is -2.51. The second-order valence-corrected chi connectivity index (χ2v) is 6.66. The van der Waals surface area contributed by atoms with Gasteiger partial charge in [0.25, 0.3) is 0 Å². The van der Waals surface area contributed by atoms with E-state index < -0.39 is 17.6 Å². The van der Waals surface area contributed by atoms with E-state index in [-0.39, 0.29) is 18.9 Å². The number of alkyl halides is 3. The van der Waals surface area contributed by atoms with Crippen LogP contribution in [-0.2, 0) is 0 Å². The Hall–Kier alpha value is -0.330. The fourth-order valence-corrected chi connectivity index (χ4v) is 3.92. The predicted octanol–water partition coefficient (Wildman–Crippen LogP) is 2.71. The fourth-order valence-electron chi connectivity index (χ4n) is 3.92. The molecule has 1 aliphatic carbocycles. The second kappa shape index (κ2) is 7.29.